The van der Waals surface area contributed by atoms with E-state index in [9.17, 15) is 4.79 Å². The van der Waals surface area contributed by atoms with Gasteiger partial charge in [-0.25, -0.2) is 0 Å². The van der Waals surface area contributed by atoms with Gasteiger partial charge in [0.1, 0.15) is 0 Å². The van der Waals surface area contributed by atoms with Crippen LogP contribution in [-0.2, 0) is 17.9 Å². The number of rotatable bonds is 6. The third-order valence-corrected chi connectivity index (χ3v) is 5.73. The molecule has 1 aliphatic rings. The highest BCUT2D eigenvalue weighted by molar-refractivity contribution is 7.10. The molecule has 2 heterocycles. The van der Waals surface area contributed by atoms with Crippen LogP contribution >= 0.6 is 11.3 Å². The molecule has 0 spiro atoms. The molecule has 1 aromatic carbocycles. The molecular formula is C19H25N3OS. The molecule has 5 heteroatoms. The summed E-state index contributed by atoms with van der Waals surface area (Å²) >= 11 is 1.80. The van der Waals surface area contributed by atoms with Crippen LogP contribution < -0.4 is 16.0 Å². The number of hydrogen-bond acceptors (Lipinski definition) is 4. The molecule has 3 rings (SSSR count). The number of aryl methyl sites for hydroxylation is 1. The van der Waals surface area contributed by atoms with E-state index in [4.69, 9.17) is 5.73 Å². The Morgan fingerprint density at radius 2 is 2.08 bits per heavy atom. The summed E-state index contributed by atoms with van der Waals surface area (Å²) in [6.45, 7) is 5.67. The highest BCUT2D eigenvalue weighted by Crippen LogP contribution is 2.23. The SMILES string of the molecule is Cc1ccsc1CNCc1ccc(N2CCCC(C(N)=O)C2)cc1. The lowest BCUT2D eigenvalue weighted by molar-refractivity contribution is -0.122. The van der Waals surface area contributed by atoms with Crippen LogP contribution in [0.25, 0.3) is 0 Å². The first-order chi connectivity index (χ1) is 11.6. The number of anilines is 1. The first-order valence-electron chi connectivity index (χ1n) is 8.50. The largest absolute Gasteiger partial charge is 0.371 e. The van der Waals surface area contributed by atoms with Crippen LogP contribution in [0.5, 0.6) is 0 Å². The van der Waals surface area contributed by atoms with Crippen molar-refractivity contribution in [3.8, 4) is 0 Å². The molecule has 1 aromatic heterocycles. The Balaban J connectivity index is 1.53. The Morgan fingerprint density at radius 1 is 1.29 bits per heavy atom. The summed E-state index contributed by atoms with van der Waals surface area (Å²) < 4.78 is 0. The lowest BCUT2D eigenvalue weighted by Crippen LogP contribution is -2.41. The second-order valence-corrected chi connectivity index (χ2v) is 7.48. The molecule has 0 aliphatic carbocycles. The lowest BCUT2D eigenvalue weighted by atomic mass is 9.97. The van der Waals surface area contributed by atoms with Gasteiger partial charge in [-0.1, -0.05) is 12.1 Å². The number of nitrogens with one attached hydrogen (secondary N) is 1. The Kier molecular flexibility index (Phi) is 5.53. The summed E-state index contributed by atoms with van der Waals surface area (Å²) in [7, 11) is 0. The van der Waals surface area contributed by atoms with Gasteiger partial charge in [0.05, 0.1) is 5.92 Å². The van der Waals surface area contributed by atoms with Crippen LogP contribution in [0.3, 0.4) is 0 Å². The Labute approximate surface area is 147 Å². The van der Waals surface area contributed by atoms with Crippen LogP contribution in [0.2, 0.25) is 0 Å². The van der Waals surface area contributed by atoms with Gasteiger partial charge in [0.2, 0.25) is 5.91 Å². The van der Waals surface area contributed by atoms with E-state index in [0.717, 1.165) is 39.0 Å². The summed E-state index contributed by atoms with van der Waals surface area (Å²) in [6, 6.07) is 10.8. The van der Waals surface area contributed by atoms with Gasteiger partial charge in [0.15, 0.2) is 0 Å². The van der Waals surface area contributed by atoms with E-state index in [1.165, 1.54) is 21.7 Å². The maximum absolute atomic E-state index is 11.4. The number of thiophene rings is 1. The van der Waals surface area contributed by atoms with Crippen LogP contribution in [0.4, 0.5) is 5.69 Å². The topological polar surface area (TPSA) is 58.4 Å². The van der Waals surface area contributed by atoms with Gasteiger partial charge in [-0.3, -0.25) is 4.79 Å². The molecule has 1 fully saturated rings. The zero-order valence-electron chi connectivity index (χ0n) is 14.1. The zero-order valence-corrected chi connectivity index (χ0v) is 14.9. The van der Waals surface area contributed by atoms with Gasteiger partial charge < -0.3 is 16.0 Å². The summed E-state index contributed by atoms with van der Waals surface area (Å²) in [5.74, 6) is -0.196. The van der Waals surface area contributed by atoms with Gasteiger partial charge >= 0.3 is 0 Å². The number of benzene rings is 1. The van der Waals surface area contributed by atoms with Crippen LogP contribution in [0.1, 0.15) is 28.8 Å². The molecule has 128 valence electrons. The molecule has 0 saturated carbocycles. The number of amides is 1. The standard InChI is InChI=1S/C19H25N3OS/c1-14-8-10-24-18(14)12-21-11-15-4-6-17(7-5-15)22-9-2-3-16(13-22)19(20)23/h4-8,10,16,21H,2-3,9,11-13H2,1H3,(H2,20,23). The predicted molar refractivity (Wildman–Crippen MR) is 100 cm³/mol. The number of carbonyl (C=O) groups is 1. The minimum atomic E-state index is -0.176. The van der Waals surface area contributed by atoms with Crippen molar-refractivity contribution in [1.82, 2.24) is 5.32 Å². The third kappa shape index (κ3) is 4.16. The van der Waals surface area contributed by atoms with Crippen molar-refractivity contribution in [3.05, 3.63) is 51.7 Å². The summed E-state index contributed by atoms with van der Waals surface area (Å²) in [5, 5.41) is 5.64. The Hall–Kier alpha value is -1.85. The fourth-order valence-electron chi connectivity index (χ4n) is 3.17. The second kappa shape index (κ2) is 7.81. The molecule has 3 N–H and O–H groups in total. The first-order valence-corrected chi connectivity index (χ1v) is 9.38. The molecule has 1 saturated heterocycles. The van der Waals surface area contributed by atoms with Crippen molar-refractivity contribution in [2.75, 3.05) is 18.0 Å². The Morgan fingerprint density at radius 3 is 2.75 bits per heavy atom. The van der Waals surface area contributed by atoms with E-state index in [1.807, 2.05) is 0 Å². The van der Waals surface area contributed by atoms with Crippen molar-refractivity contribution in [2.45, 2.75) is 32.9 Å². The maximum atomic E-state index is 11.4. The fourth-order valence-corrected chi connectivity index (χ4v) is 4.05. The van der Waals surface area contributed by atoms with E-state index in [2.05, 4.69) is 52.9 Å². The van der Waals surface area contributed by atoms with Gasteiger partial charge in [-0.15, -0.1) is 11.3 Å². The van der Waals surface area contributed by atoms with Crippen molar-refractivity contribution in [3.63, 3.8) is 0 Å². The van der Waals surface area contributed by atoms with E-state index in [-0.39, 0.29) is 11.8 Å². The van der Waals surface area contributed by atoms with Crippen molar-refractivity contribution < 1.29 is 4.79 Å². The number of nitrogens with zero attached hydrogens (tertiary/aromatic N) is 1. The molecule has 0 bridgehead atoms. The lowest BCUT2D eigenvalue weighted by Gasteiger charge is -2.33. The van der Waals surface area contributed by atoms with E-state index in [1.54, 1.807) is 11.3 Å². The molecule has 1 atom stereocenters. The minimum Gasteiger partial charge on any atom is -0.371 e. The van der Waals surface area contributed by atoms with Gasteiger partial charge in [-0.05, 0) is 54.5 Å². The molecule has 1 amide bonds. The quantitative estimate of drug-likeness (QED) is 0.847. The summed E-state index contributed by atoms with van der Waals surface area (Å²) in [6.07, 6.45) is 1.94. The predicted octanol–water partition coefficient (Wildman–Crippen LogP) is 3.05. The zero-order chi connectivity index (χ0) is 16.9. The second-order valence-electron chi connectivity index (χ2n) is 6.48. The number of hydrogen-bond donors (Lipinski definition) is 2. The number of primary amides is 1. The number of carbonyl (C=O) groups excluding carboxylic acids is 1. The van der Waals surface area contributed by atoms with Crippen molar-refractivity contribution in [1.29, 1.82) is 0 Å². The average Bonchev–Trinajstić information content (AvgIpc) is 3.01. The molecule has 4 nitrogen and oxygen atoms in total. The highest BCUT2D eigenvalue weighted by Gasteiger charge is 2.23. The Bertz CT molecular complexity index is 680. The third-order valence-electron chi connectivity index (χ3n) is 4.71. The molecule has 1 unspecified atom stereocenters. The van der Waals surface area contributed by atoms with Crippen molar-refractivity contribution >= 4 is 22.9 Å². The van der Waals surface area contributed by atoms with Gasteiger partial charge in [0, 0.05) is 36.7 Å². The average molecular weight is 343 g/mol. The van der Waals surface area contributed by atoms with E-state index >= 15 is 0 Å². The fraction of sp³-hybridized carbons (Fsp3) is 0.421. The van der Waals surface area contributed by atoms with Crippen molar-refractivity contribution in [2.24, 2.45) is 11.7 Å². The summed E-state index contributed by atoms with van der Waals surface area (Å²) in [4.78, 5) is 15.1. The monoisotopic (exact) mass is 343 g/mol. The molecule has 0 radical (unpaired) electrons. The highest BCUT2D eigenvalue weighted by atomic mass is 32.1. The van der Waals surface area contributed by atoms with Gasteiger partial charge in [-0.2, -0.15) is 0 Å². The first kappa shape index (κ1) is 17.0. The number of piperidine rings is 1. The molecule has 24 heavy (non-hydrogen) atoms. The maximum Gasteiger partial charge on any atom is 0.222 e. The molecular weight excluding hydrogens is 318 g/mol. The van der Waals surface area contributed by atoms with E-state index in [0.29, 0.717) is 0 Å². The smallest absolute Gasteiger partial charge is 0.222 e. The number of nitrogens with two attached hydrogens (primary N) is 1. The molecule has 2 aromatic rings. The van der Waals surface area contributed by atoms with Gasteiger partial charge in [0.25, 0.3) is 0 Å². The summed E-state index contributed by atoms with van der Waals surface area (Å²) in [5.41, 5.74) is 9.28. The van der Waals surface area contributed by atoms with Crippen LogP contribution in [0, 0.1) is 12.8 Å². The minimum absolute atomic E-state index is 0.0193. The van der Waals surface area contributed by atoms with E-state index < -0.39 is 0 Å². The van der Waals surface area contributed by atoms with Crippen LogP contribution in [-0.4, -0.2) is 19.0 Å². The van der Waals surface area contributed by atoms with Crippen LogP contribution in [0.15, 0.2) is 35.7 Å². The normalized spacial score (nSPS) is 17.9. The molecule has 1 aliphatic heterocycles.